The van der Waals surface area contributed by atoms with Gasteiger partial charge < -0.3 is 4.74 Å². The standard InChI is InChI=1S/C15H21ClO3S/c1-15(2,3)13-9-12(20(16,17)18)7-8-14(13)19-10-11-5-4-6-11/h7-9,11H,4-6,10H2,1-3H3. The van der Waals surface area contributed by atoms with Gasteiger partial charge in [-0.3, -0.25) is 0 Å². The van der Waals surface area contributed by atoms with Crippen LogP contribution in [0.25, 0.3) is 0 Å². The van der Waals surface area contributed by atoms with Crippen molar-refractivity contribution in [3.8, 4) is 5.75 Å². The van der Waals surface area contributed by atoms with E-state index in [2.05, 4.69) is 0 Å². The van der Waals surface area contributed by atoms with Gasteiger partial charge in [0, 0.05) is 16.2 Å². The molecule has 0 unspecified atom stereocenters. The summed E-state index contributed by atoms with van der Waals surface area (Å²) in [6.45, 7) is 6.80. The Balaban J connectivity index is 2.30. The van der Waals surface area contributed by atoms with Crippen molar-refractivity contribution < 1.29 is 13.2 Å². The molecule has 1 aromatic carbocycles. The van der Waals surface area contributed by atoms with Gasteiger partial charge in [-0.2, -0.15) is 0 Å². The van der Waals surface area contributed by atoms with Crippen molar-refractivity contribution in [2.24, 2.45) is 5.92 Å². The summed E-state index contributed by atoms with van der Waals surface area (Å²) in [6.07, 6.45) is 3.72. The molecule has 0 amide bonds. The van der Waals surface area contributed by atoms with Gasteiger partial charge in [-0.05, 0) is 42.4 Å². The van der Waals surface area contributed by atoms with E-state index in [0.717, 1.165) is 11.3 Å². The maximum absolute atomic E-state index is 11.5. The minimum Gasteiger partial charge on any atom is -0.493 e. The molecule has 0 atom stereocenters. The van der Waals surface area contributed by atoms with E-state index in [-0.39, 0.29) is 10.3 Å². The molecule has 5 heteroatoms. The molecule has 0 heterocycles. The van der Waals surface area contributed by atoms with Gasteiger partial charge in [0.15, 0.2) is 0 Å². The summed E-state index contributed by atoms with van der Waals surface area (Å²) in [5, 5.41) is 0. The number of hydrogen-bond acceptors (Lipinski definition) is 3. The Hall–Kier alpha value is -0.740. The highest BCUT2D eigenvalue weighted by atomic mass is 35.7. The Bertz CT molecular complexity index is 584. The summed E-state index contributed by atoms with van der Waals surface area (Å²) >= 11 is 0. The first-order chi connectivity index (χ1) is 9.18. The fraction of sp³-hybridized carbons (Fsp3) is 0.600. The zero-order valence-corrected chi connectivity index (χ0v) is 13.7. The van der Waals surface area contributed by atoms with Crippen LogP contribution in [0.2, 0.25) is 0 Å². The molecule has 1 aromatic rings. The van der Waals surface area contributed by atoms with Crippen molar-refractivity contribution in [2.45, 2.75) is 50.3 Å². The highest BCUT2D eigenvalue weighted by molar-refractivity contribution is 8.13. The topological polar surface area (TPSA) is 43.4 Å². The molecule has 20 heavy (non-hydrogen) atoms. The second kappa shape index (κ2) is 5.57. The lowest BCUT2D eigenvalue weighted by Crippen LogP contribution is -2.21. The van der Waals surface area contributed by atoms with Gasteiger partial charge in [0.25, 0.3) is 9.05 Å². The number of hydrogen-bond donors (Lipinski definition) is 0. The smallest absolute Gasteiger partial charge is 0.261 e. The van der Waals surface area contributed by atoms with Gasteiger partial charge in [0.05, 0.1) is 11.5 Å². The molecular formula is C15H21ClO3S. The highest BCUT2D eigenvalue weighted by Gasteiger charge is 2.24. The van der Waals surface area contributed by atoms with E-state index in [1.807, 2.05) is 20.8 Å². The van der Waals surface area contributed by atoms with Crippen molar-refractivity contribution in [2.75, 3.05) is 6.61 Å². The maximum Gasteiger partial charge on any atom is 0.261 e. The largest absolute Gasteiger partial charge is 0.493 e. The Kier molecular flexibility index (Phi) is 4.35. The second-order valence-electron chi connectivity index (χ2n) is 6.45. The molecule has 1 saturated carbocycles. The first kappa shape index (κ1) is 15.6. The fourth-order valence-corrected chi connectivity index (χ4v) is 3.02. The first-order valence-corrected chi connectivity index (χ1v) is 9.21. The van der Waals surface area contributed by atoms with Gasteiger partial charge >= 0.3 is 0 Å². The molecule has 112 valence electrons. The van der Waals surface area contributed by atoms with Crippen molar-refractivity contribution in [3.63, 3.8) is 0 Å². The van der Waals surface area contributed by atoms with E-state index in [9.17, 15) is 8.42 Å². The van der Waals surface area contributed by atoms with Gasteiger partial charge in [-0.25, -0.2) is 8.42 Å². The molecular weight excluding hydrogens is 296 g/mol. The van der Waals surface area contributed by atoms with Gasteiger partial charge in [0.2, 0.25) is 0 Å². The maximum atomic E-state index is 11.5. The van der Waals surface area contributed by atoms with Crippen molar-refractivity contribution in [3.05, 3.63) is 23.8 Å². The molecule has 2 rings (SSSR count). The molecule has 1 fully saturated rings. The normalized spacial score (nSPS) is 16.8. The third-order valence-electron chi connectivity index (χ3n) is 3.74. The Morgan fingerprint density at radius 3 is 2.40 bits per heavy atom. The first-order valence-electron chi connectivity index (χ1n) is 6.90. The lowest BCUT2D eigenvalue weighted by Gasteiger charge is -2.28. The fourth-order valence-electron chi connectivity index (χ4n) is 2.24. The summed E-state index contributed by atoms with van der Waals surface area (Å²) in [5.41, 5.74) is 0.672. The Morgan fingerprint density at radius 2 is 1.95 bits per heavy atom. The van der Waals surface area contributed by atoms with Crippen LogP contribution in [-0.2, 0) is 14.5 Å². The third kappa shape index (κ3) is 3.67. The van der Waals surface area contributed by atoms with Gasteiger partial charge in [-0.1, -0.05) is 27.2 Å². The van der Waals surface area contributed by atoms with Crippen LogP contribution in [0.4, 0.5) is 0 Å². The molecule has 0 bridgehead atoms. The predicted molar refractivity (Wildman–Crippen MR) is 81.0 cm³/mol. The summed E-state index contributed by atoms with van der Waals surface area (Å²) in [7, 11) is 1.71. The van der Waals surface area contributed by atoms with Crippen LogP contribution in [-0.4, -0.2) is 15.0 Å². The molecule has 1 aliphatic rings. The molecule has 0 aromatic heterocycles. The van der Waals surface area contributed by atoms with Crippen LogP contribution in [0, 0.1) is 5.92 Å². The minimum absolute atomic E-state index is 0.125. The number of rotatable bonds is 4. The van der Waals surface area contributed by atoms with E-state index in [4.69, 9.17) is 15.4 Å². The minimum atomic E-state index is -3.71. The lowest BCUT2D eigenvalue weighted by atomic mass is 9.85. The molecule has 0 spiro atoms. The zero-order valence-electron chi connectivity index (χ0n) is 12.1. The SMILES string of the molecule is CC(C)(C)c1cc(S(=O)(=O)Cl)ccc1OCC1CCC1. The number of ether oxygens (including phenoxy) is 1. The van der Waals surface area contributed by atoms with Crippen LogP contribution in [0.3, 0.4) is 0 Å². The van der Waals surface area contributed by atoms with Crippen LogP contribution in [0.5, 0.6) is 5.75 Å². The monoisotopic (exact) mass is 316 g/mol. The molecule has 0 N–H and O–H groups in total. The van der Waals surface area contributed by atoms with Crippen molar-refractivity contribution in [1.29, 1.82) is 0 Å². The quantitative estimate of drug-likeness (QED) is 0.786. The van der Waals surface area contributed by atoms with Crippen LogP contribution < -0.4 is 4.74 Å². The number of benzene rings is 1. The third-order valence-corrected chi connectivity index (χ3v) is 5.09. The van der Waals surface area contributed by atoms with Crippen molar-refractivity contribution in [1.82, 2.24) is 0 Å². The summed E-state index contributed by atoms with van der Waals surface area (Å²) in [6, 6.07) is 4.85. The van der Waals surface area contributed by atoms with Crippen LogP contribution >= 0.6 is 10.7 Å². The van der Waals surface area contributed by atoms with E-state index >= 15 is 0 Å². The molecule has 0 aliphatic heterocycles. The Morgan fingerprint density at radius 1 is 1.30 bits per heavy atom. The summed E-state index contributed by atoms with van der Waals surface area (Å²) in [4.78, 5) is 0.125. The van der Waals surface area contributed by atoms with E-state index in [1.165, 1.54) is 25.3 Å². The summed E-state index contributed by atoms with van der Waals surface area (Å²) in [5.74, 6) is 1.40. The lowest BCUT2D eigenvalue weighted by molar-refractivity contribution is 0.178. The van der Waals surface area contributed by atoms with E-state index in [1.54, 1.807) is 12.1 Å². The highest BCUT2D eigenvalue weighted by Crippen LogP contribution is 2.35. The van der Waals surface area contributed by atoms with Gasteiger partial charge in [-0.15, -0.1) is 0 Å². The molecule has 0 saturated heterocycles. The predicted octanol–water partition coefficient (Wildman–Crippen LogP) is 4.09. The molecule has 0 radical (unpaired) electrons. The van der Waals surface area contributed by atoms with Gasteiger partial charge in [0.1, 0.15) is 5.75 Å². The van der Waals surface area contributed by atoms with Crippen LogP contribution in [0.1, 0.15) is 45.6 Å². The summed E-state index contributed by atoms with van der Waals surface area (Å²) < 4.78 is 28.8. The van der Waals surface area contributed by atoms with E-state index < -0.39 is 9.05 Å². The van der Waals surface area contributed by atoms with Crippen molar-refractivity contribution >= 4 is 19.7 Å². The second-order valence-corrected chi connectivity index (χ2v) is 9.02. The number of halogens is 1. The average Bonchev–Trinajstić information content (AvgIpc) is 2.24. The Labute approximate surface area is 125 Å². The molecule has 3 nitrogen and oxygen atoms in total. The van der Waals surface area contributed by atoms with Crippen LogP contribution in [0.15, 0.2) is 23.1 Å². The zero-order chi connectivity index (χ0) is 15.0. The van der Waals surface area contributed by atoms with E-state index in [0.29, 0.717) is 12.5 Å². The average molecular weight is 317 g/mol. The molecule has 1 aliphatic carbocycles.